The zero-order valence-corrected chi connectivity index (χ0v) is 10.7. The monoisotopic (exact) mass is 287 g/mol. The van der Waals surface area contributed by atoms with E-state index < -0.39 is 28.5 Å². The van der Waals surface area contributed by atoms with Crippen LogP contribution in [0.1, 0.15) is 13.3 Å². The van der Waals surface area contributed by atoms with Crippen molar-refractivity contribution in [2.45, 2.75) is 19.4 Å². The van der Waals surface area contributed by atoms with Gasteiger partial charge >= 0.3 is 11.7 Å². The van der Waals surface area contributed by atoms with Crippen molar-refractivity contribution in [1.82, 2.24) is 0 Å². The maximum atomic E-state index is 12.9. The molecule has 1 unspecified atom stereocenters. The molecule has 1 atom stereocenters. The van der Waals surface area contributed by atoms with Gasteiger partial charge in [0.1, 0.15) is 5.82 Å². The fourth-order valence-electron chi connectivity index (χ4n) is 1.51. The van der Waals surface area contributed by atoms with Crippen molar-refractivity contribution in [1.29, 1.82) is 0 Å². The summed E-state index contributed by atoms with van der Waals surface area (Å²) < 4.78 is 23.0. The molecule has 0 aliphatic rings. The van der Waals surface area contributed by atoms with E-state index in [-0.39, 0.29) is 25.4 Å². The molecule has 0 aromatic heterocycles. The Bertz CT molecular complexity index is 493. The predicted molar refractivity (Wildman–Crippen MR) is 66.2 cm³/mol. The van der Waals surface area contributed by atoms with Crippen LogP contribution in [0.25, 0.3) is 0 Å². The lowest BCUT2D eigenvalue weighted by Crippen LogP contribution is -2.26. The molecule has 1 N–H and O–H groups in total. The summed E-state index contributed by atoms with van der Waals surface area (Å²) in [6, 6.07) is 2.90. The van der Waals surface area contributed by atoms with Crippen LogP contribution in [0.15, 0.2) is 18.2 Å². The topological polar surface area (TPSA) is 98.9 Å². The Balaban J connectivity index is 2.66. The van der Waals surface area contributed by atoms with Gasteiger partial charge in [-0.3, -0.25) is 10.1 Å². The quantitative estimate of drug-likeness (QED) is 0.580. The smallest absolute Gasteiger partial charge is 0.332 e. The maximum Gasteiger partial charge on any atom is 0.332 e. The van der Waals surface area contributed by atoms with Crippen LogP contribution in [0.5, 0.6) is 5.75 Å². The summed E-state index contributed by atoms with van der Waals surface area (Å²) in [4.78, 5) is 20.8. The predicted octanol–water partition coefficient (Wildman–Crippen LogP) is 1.99. The third kappa shape index (κ3) is 4.47. The van der Waals surface area contributed by atoms with Crippen LogP contribution in [0.2, 0.25) is 0 Å². The third-order valence-electron chi connectivity index (χ3n) is 2.40. The molecule has 0 amide bonds. The molecule has 7 nitrogen and oxygen atoms in total. The number of hydrogen-bond donors (Lipinski definition) is 1. The molecular formula is C12H14FNO6. The van der Waals surface area contributed by atoms with E-state index in [1.807, 2.05) is 0 Å². The molecule has 8 heteroatoms. The van der Waals surface area contributed by atoms with Crippen molar-refractivity contribution in [2.75, 3.05) is 13.2 Å². The Hall–Kier alpha value is -2.22. The van der Waals surface area contributed by atoms with Gasteiger partial charge in [-0.25, -0.2) is 9.18 Å². The van der Waals surface area contributed by atoms with Gasteiger partial charge in [0.2, 0.25) is 0 Å². The van der Waals surface area contributed by atoms with Gasteiger partial charge in [-0.05, 0) is 19.1 Å². The van der Waals surface area contributed by atoms with E-state index in [1.54, 1.807) is 6.92 Å². The van der Waals surface area contributed by atoms with Crippen molar-refractivity contribution in [3.05, 3.63) is 34.1 Å². The van der Waals surface area contributed by atoms with E-state index in [2.05, 4.69) is 0 Å². The molecule has 0 aliphatic carbocycles. The molecule has 0 radical (unpaired) electrons. The van der Waals surface area contributed by atoms with Gasteiger partial charge in [0, 0.05) is 13.0 Å². The standard InChI is InChI=1S/C12H14FNO6/c1-2-19-11(12(15)16)5-6-20-10-4-3-8(13)7-9(10)14(17)18/h3-4,7,11H,2,5-6H2,1H3,(H,15,16). The molecule has 0 saturated heterocycles. The molecule has 1 aromatic rings. The van der Waals surface area contributed by atoms with Crippen molar-refractivity contribution < 1.29 is 28.7 Å². The Morgan fingerprint density at radius 2 is 2.25 bits per heavy atom. The average Bonchev–Trinajstić information content (AvgIpc) is 2.38. The first-order valence-corrected chi connectivity index (χ1v) is 5.86. The number of halogens is 1. The van der Waals surface area contributed by atoms with Crippen LogP contribution < -0.4 is 4.74 Å². The minimum atomic E-state index is -1.14. The van der Waals surface area contributed by atoms with Gasteiger partial charge in [-0.1, -0.05) is 0 Å². The van der Waals surface area contributed by atoms with E-state index in [9.17, 15) is 19.3 Å². The first kappa shape index (κ1) is 15.8. The highest BCUT2D eigenvalue weighted by molar-refractivity contribution is 5.72. The third-order valence-corrected chi connectivity index (χ3v) is 2.40. The maximum absolute atomic E-state index is 12.9. The van der Waals surface area contributed by atoms with Crippen molar-refractivity contribution in [3.63, 3.8) is 0 Å². The first-order chi connectivity index (χ1) is 9.45. The summed E-state index contributed by atoms with van der Waals surface area (Å²) in [5.74, 6) is -2.00. The largest absolute Gasteiger partial charge is 0.487 e. The van der Waals surface area contributed by atoms with Crippen LogP contribution in [-0.4, -0.2) is 35.3 Å². The van der Waals surface area contributed by atoms with Crippen molar-refractivity contribution >= 4 is 11.7 Å². The van der Waals surface area contributed by atoms with Gasteiger partial charge in [0.15, 0.2) is 11.9 Å². The van der Waals surface area contributed by atoms with Crippen LogP contribution in [-0.2, 0) is 9.53 Å². The molecule has 0 saturated carbocycles. The molecular weight excluding hydrogens is 273 g/mol. The molecule has 0 aliphatic heterocycles. The number of carboxylic acid groups (broad SMARTS) is 1. The van der Waals surface area contributed by atoms with Crippen LogP contribution in [0.3, 0.4) is 0 Å². The van der Waals surface area contributed by atoms with E-state index in [4.69, 9.17) is 14.6 Å². The zero-order valence-electron chi connectivity index (χ0n) is 10.7. The van der Waals surface area contributed by atoms with Crippen LogP contribution in [0.4, 0.5) is 10.1 Å². The molecule has 20 heavy (non-hydrogen) atoms. The average molecular weight is 287 g/mol. The lowest BCUT2D eigenvalue weighted by molar-refractivity contribution is -0.386. The summed E-state index contributed by atoms with van der Waals surface area (Å²) in [5.41, 5.74) is -0.506. The Labute approximate surface area is 114 Å². The fraction of sp³-hybridized carbons (Fsp3) is 0.417. The Morgan fingerprint density at radius 1 is 1.55 bits per heavy atom. The zero-order chi connectivity index (χ0) is 15.1. The van der Waals surface area contributed by atoms with Gasteiger partial charge in [0.05, 0.1) is 17.6 Å². The van der Waals surface area contributed by atoms with E-state index in [0.29, 0.717) is 0 Å². The number of rotatable bonds is 8. The number of ether oxygens (including phenoxy) is 2. The van der Waals surface area contributed by atoms with Gasteiger partial charge in [-0.15, -0.1) is 0 Å². The summed E-state index contributed by atoms with van der Waals surface area (Å²) in [6.07, 6.45) is -1.02. The minimum Gasteiger partial charge on any atom is -0.487 e. The van der Waals surface area contributed by atoms with Crippen LogP contribution >= 0.6 is 0 Å². The van der Waals surface area contributed by atoms with Gasteiger partial charge in [-0.2, -0.15) is 0 Å². The first-order valence-electron chi connectivity index (χ1n) is 5.86. The highest BCUT2D eigenvalue weighted by Crippen LogP contribution is 2.27. The number of nitro groups is 1. The molecule has 0 heterocycles. The summed E-state index contributed by atoms with van der Waals surface area (Å²) in [5, 5.41) is 19.6. The second-order valence-corrected chi connectivity index (χ2v) is 3.79. The van der Waals surface area contributed by atoms with Crippen molar-refractivity contribution in [3.8, 4) is 5.75 Å². The summed E-state index contributed by atoms with van der Waals surface area (Å²) in [6.45, 7) is 1.79. The Kier molecular flexibility index (Phi) is 5.85. The van der Waals surface area contributed by atoms with Gasteiger partial charge < -0.3 is 14.6 Å². The van der Waals surface area contributed by atoms with Crippen molar-refractivity contribution in [2.24, 2.45) is 0 Å². The highest BCUT2D eigenvalue weighted by atomic mass is 19.1. The van der Waals surface area contributed by atoms with Gasteiger partial charge in [0.25, 0.3) is 0 Å². The number of aliphatic carboxylic acids is 1. The number of carboxylic acids is 1. The van der Waals surface area contributed by atoms with E-state index in [1.165, 1.54) is 0 Å². The molecule has 1 rings (SSSR count). The van der Waals surface area contributed by atoms with E-state index >= 15 is 0 Å². The summed E-state index contributed by atoms with van der Waals surface area (Å²) >= 11 is 0. The van der Waals surface area contributed by atoms with E-state index in [0.717, 1.165) is 18.2 Å². The number of nitrogens with zero attached hydrogens (tertiary/aromatic N) is 1. The highest BCUT2D eigenvalue weighted by Gasteiger charge is 2.20. The molecule has 0 bridgehead atoms. The summed E-state index contributed by atoms with van der Waals surface area (Å²) in [7, 11) is 0. The second-order valence-electron chi connectivity index (χ2n) is 3.79. The normalized spacial score (nSPS) is 11.9. The lowest BCUT2D eigenvalue weighted by atomic mass is 10.2. The SMILES string of the molecule is CCOC(CCOc1ccc(F)cc1[N+](=O)[O-])C(=O)O. The Morgan fingerprint density at radius 3 is 2.80 bits per heavy atom. The number of nitro benzene ring substituents is 1. The lowest BCUT2D eigenvalue weighted by Gasteiger charge is -2.13. The molecule has 110 valence electrons. The number of hydrogen-bond acceptors (Lipinski definition) is 5. The minimum absolute atomic E-state index is 0.0255. The number of benzene rings is 1. The van der Waals surface area contributed by atoms with Crippen LogP contribution in [0, 0.1) is 15.9 Å². The fourth-order valence-corrected chi connectivity index (χ4v) is 1.51. The molecule has 1 aromatic carbocycles. The second kappa shape index (κ2) is 7.39. The molecule has 0 spiro atoms. The number of carbonyl (C=O) groups is 1. The molecule has 0 fully saturated rings.